The average Bonchev–Trinajstić information content (AvgIpc) is 3.35. The molecule has 2 atom stereocenters. The molecule has 0 aromatic carbocycles. The van der Waals surface area contributed by atoms with Crippen LogP contribution in [-0.2, 0) is 6.54 Å². The molecular weight excluding hydrogens is 312 g/mol. The summed E-state index contributed by atoms with van der Waals surface area (Å²) >= 11 is 0. The third kappa shape index (κ3) is 3.21. The number of carbonyl (C=O) groups is 1. The number of hydrogen-bond acceptors (Lipinski definition) is 3. The van der Waals surface area contributed by atoms with Crippen LogP contribution < -0.4 is 0 Å². The number of amides is 1. The number of aromatic nitrogens is 2. The molecule has 2 saturated heterocycles. The average molecular weight is 338 g/mol. The molecule has 4 rings (SSSR count). The molecule has 2 aliphatic heterocycles. The molecule has 132 valence electrons. The molecule has 2 aromatic heterocycles. The van der Waals surface area contributed by atoms with Crippen LogP contribution in [0, 0.1) is 0 Å². The smallest absolute Gasteiger partial charge is 0.270 e. The quantitative estimate of drug-likeness (QED) is 0.860. The van der Waals surface area contributed by atoms with E-state index in [1.807, 2.05) is 41.2 Å². The molecule has 0 aliphatic carbocycles. The van der Waals surface area contributed by atoms with E-state index in [0.29, 0.717) is 18.6 Å². The predicted molar refractivity (Wildman–Crippen MR) is 97.5 cm³/mol. The third-order valence-electron chi connectivity index (χ3n) is 5.71. The lowest BCUT2D eigenvalue weighted by atomic mass is 10.0. The second-order valence-electron chi connectivity index (χ2n) is 7.28. The maximum absolute atomic E-state index is 13.3. The van der Waals surface area contributed by atoms with Crippen LogP contribution in [0.5, 0.6) is 0 Å². The van der Waals surface area contributed by atoms with Gasteiger partial charge in [0.05, 0.1) is 0 Å². The van der Waals surface area contributed by atoms with E-state index in [1.54, 1.807) is 6.20 Å². The van der Waals surface area contributed by atoms with E-state index >= 15 is 0 Å². The summed E-state index contributed by atoms with van der Waals surface area (Å²) in [4.78, 5) is 22.0. The summed E-state index contributed by atoms with van der Waals surface area (Å²) in [5.41, 5.74) is 1.90. The molecule has 4 heterocycles. The van der Waals surface area contributed by atoms with E-state index in [4.69, 9.17) is 0 Å². The van der Waals surface area contributed by atoms with Crippen molar-refractivity contribution in [3.8, 4) is 0 Å². The Balaban J connectivity index is 1.54. The van der Waals surface area contributed by atoms with Crippen LogP contribution in [0.4, 0.5) is 0 Å². The van der Waals surface area contributed by atoms with Gasteiger partial charge in [0.15, 0.2) is 0 Å². The van der Waals surface area contributed by atoms with Gasteiger partial charge in [0, 0.05) is 43.8 Å². The van der Waals surface area contributed by atoms with Gasteiger partial charge < -0.3 is 14.4 Å². The number of rotatable bonds is 4. The summed E-state index contributed by atoms with van der Waals surface area (Å²) in [6, 6.07) is 8.79. The molecule has 0 unspecified atom stereocenters. The number of hydrogen-bond donors (Lipinski definition) is 0. The van der Waals surface area contributed by atoms with E-state index < -0.39 is 0 Å². The first kappa shape index (κ1) is 16.3. The monoisotopic (exact) mass is 338 g/mol. The zero-order valence-electron chi connectivity index (χ0n) is 14.8. The summed E-state index contributed by atoms with van der Waals surface area (Å²) in [7, 11) is 2.20. The van der Waals surface area contributed by atoms with Crippen molar-refractivity contribution in [2.75, 3.05) is 20.1 Å². The van der Waals surface area contributed by atoms with E-state index in [1.165, 1.54) is 12.8 Å². The first-order valence-corrected chi connectivity index (χ1v) is 9.29. The lowest BCUT2D eigenvalue weighted by Gasteiger charge is -2.33. The van der Waals surface area contributed by atoms with Gasteiger partial charge in [-0.05, 0) is 63.0 Å². The number of carbonyl (C=O) groups excluding carboxylic acids is 1. The van der Waals surface area contributed by atoms with Gasteiger partial charge in [-0.25, -0.2) is 0 Å². The zero-order valence-corrected chi connectivity index (χ0v) is 14.8. The number of likely N-dealkylation sites (tertiary alicyclic amines) is 2. The summed E-state index contributed by atoms with van der Waals surface area (Å²) in [5, 5.41) is 0. The number of likely N-dealkylation sites (N-methyl/N-ethyl adjacent to an activating group) is 1. The molecule has 0 bridgehead atoms. The first-order chi connectivity index (χ1) is 12.2. The molecule has 0 saturated carbocycles. The van der Waals surface area contributed by atoms with Crippen LogP contribution in [0.25, 0.3) is 0 Å². The molecule has 2 fully saturated rings. The normalized spacial score (nSPS) is 24.1. The number of nitrogens with zero attached hydrogens (tertiary/aromatic N) is 4. The van der Waals surface area contributed by atoms with E-state index in [9.17, 15) is 4.79 Å². The Morgan fingerprint density at radius 3 is 2.76 bits per heavy atom. The topological polar surface area (TPSA) is 41.4 Å². The van der Waals surface area contributed by atoms with Gasteiger partial charge >= 0.3 is 0 Å². The summed E-state index contributed by atoms with van der Waals surface area (Å²) < 4.78 is 2.05. The fourth-order valence-electron chi connectivity index (χ4n) is 4.45. The van der Waals surface area contributed by atoms with Crippen molar-refractivity contribution >= 4 is 5.91 Å². The molecule has 0 N–H and O–H groups in total. The van der Waals surface area contributed by atoms with Gasteiger partial charge in [0.1, 0.15) is 5.69 Å². The lowest BCUT2D eigenvalue weighted by Crippen LogP contribution is -2.47. The molecule has 2 aliphatic rings. The second kappa shape index (κ2) is 7.00. The standard InChI is InChI=1S/C20H26N4O/c1-22-11-3-7-17(22)18-8-5-13-24(18)20(25)19-9-4-12-23(19)15-16-6-2-10-21-14-16/h2,4,6,9-10,12,14,17-18H,3,5,7-8,11,13,15H2,1H3/t17-,18+/m1/s1. The molecule has 5 nitrogen and oxygen atoms in total. The fourth-order valence-corrected chi connectivity index (χ4v) is 4.45. The minimum absolute atomic E-state index is 0.177. The van der Waals surface area contributed by atoms with Crippen molar-refractivity contribution in [1.29, 1.82) is 0 Å². The zero-order chi connectivity index (χ0) is 17.2. The van der Waals surface area contributed by atoms with Crippen LogP contribution in [-0.4, -0.2) is 57.5 Å². The maximum atomic E-state index is 13.3. The Morgan fingerprint density at radius 2 is 2.00 bits per heavy atom. The fraction of sp³-hybridized carbons (Fsp3) is 0.500. The molecule has 25 heavy (non-hydrogen) atoms. The lowest BCUT2D eigenvalue weighted by molar-refractivity contribution is 0.0654. The second-order valence-corrected chi connectivity index (χ2v) is 7.28. The van der Waals surface area contributed by atoms with Crippen molar-refractivity contribution in [2.24, 2.45) is 0 Å². The molecular formula is C20H26N4O. The van der Waals surface area contributed by atoms with Gasteiger partial charge in [0.25, 0.3) is 5.91 Å². The Bertz CT molecular complexity index is 726. The van der Waals surface area contributed by atoms with E-state index in [-0.39, 0.29) is 5.91 Å². The van der Waals surface area contributed by atoms with Gasteiger partial charge in [-0.2, -0.15) is 0 Å². The summed E-state index contributed by atoms with van der Waals surface area (Å²) in [5.74, 6) is 0.177. The van der Waals surface area contributed by atoms with E-state index in [0.717, 1.165) is 37.2 Å². The van der Waals surface area contributed by atoms with Gasteiger partial charge in [-0.3, -0.25) is 9.78 Å². The Morgan fingerprint density at radius 1 is 1.16 bits per heavy atom. The largest absolute Gasteiger partial charge is 0.339 e. The summed E-state index contributed by atoms with van der Waals surface area (Å²) in [6.45, 7) is 2.72. The van der Waals surface area contributed by atoms with Crippen molar-refractivity contribution in [3.05, 3.63) is 54.1 Å². The molecule has 2 aromatic rings. The highest BCUT2D eigenvalue weighted by Crippen LogP contribution is 2.30. The van der Waals surface area contributed by atoms with Crippen LogP contribution in [0.1, 0.15) is 41.7 Å². The molecule has 5 heteroatoms. The Hall–Kier alpha value is -2.14. The third-order valence-corrected chi connectivity index (χ3v) is 5.71. The van der Waals surface area contributed by atoms with Crippen molar-refractivity contribution in [3.63, 3.8) is 0 Å². The highest BCUT2D eigenvalue weighted by Gasteiger charge is 2.39. The highest BCUT2D eigenvalue weighted by molar-refractivity contribution is 5.93. The van der Waals surface area contributed by atoms with Crippen LogP contribution in [0.2, 0.25) is 0 Å². The van der Waals surface area contributed by atoms with Gasteiger partial charge in [-0.15, -0.1) is 0 Å². The SMILES string of the molecule is CN1CCC[C@@H]1[C@@H]1CCCN1C(=O)c1cccn1Cc1cccnc1. The first-order valence-electron chi connectivity index (χ1n) is 9.29. The van der Waals surface area contributed by atoms with Crippen molar-refractivity contribution in [2.45, 2.75) is 44.3 Å². The Labute approximate surface area is 149 Å². The van der Waals surface area contributed by atoms with Gasteiger partial charge in [-0.1, -0.05) is 6.07 Å². The van der Waals surface area contributed by atoms with Crippen LogP contribution in [0.15, 0.2) is 42.9 Å². The maximum Gasteiger partial charge on any atom is 0.270 e. The van der Waals surface area contributed by atoms with E-state index in [2.05, 4.69) is 21.8 Å². The predicted octanol–water partition coefficient (Wildman–Crippen LogP) is 2.63. The molecule has 0 radical (unpaired) electrons. The molecule has 1 amide bonds. The van der Waals surface area contributed by atoms with Crippen LogP contribution >= 0.6 is 0 Å². The van der Waals surface area contributed by atoms with Crippen molar-refractivity contribution < 1.29 is 4.79 Å². The Kier molecular flexibility index (Phi) is 4.57. The van der Waals surface area contributed by atoms with Crippen LogP contribution in [0.3, 0.4) is 0 Å². The van der Waals surface area contributed by atoms with Crippen molar-refractivity contribution in [1.82, 2.24) is 19.4 Å². The minimum Gasteiger partial charge on any atom is -0.339 e. The molecule has 0 spiro atoms. The number of pyridine rings is 1. The van der Waals surface area contributed by atoms with Gasteiger partial charge in [0.2, 0.25) is 0 Å². The minimum atomic E-state index is 0.177. The highest BCUT2D eigenvalue weighted by atomic mass is 16.2. The summed E-state index contributed by atoms with van der Waals surface area (Å²) in [6.07, 6.45) is 10.3.